The van der Waals surface area contributed by atoms with Crippen LogP contribution in [0, 0.1) is 0 Å². The van der Waals surface area contributed by atoms with Gasteiger partial charge in [-0.25, -0.2) is 4.98 Å². The van der Waals surface area contributed by atoms with Crippen LogP contribution in [-0.2, 0) is 11.3 Å². The number of nitrogens with zero attached hydrogens (tertiary/aromatic N) is 2. The van der Waals surface area contributed by atoms with Crippen LogP contribution in [0.2, 0.25) is 10.0 Å². The molecule has 0 radical (unpaired) electrons. The van der Waals surface area contributed by atoms with Gasteiger partial charge >= 0.3 is 0 Å². The molecule has 7 heteroatoms. The molecule has 4 nitrogen and oxygen atoms in total. The summed E-state index contributed by atoms with van der Waals surface area (Å²) < 4.78 is 1.16. The van der Waals surface area contributed by atoms with Crippen molar-refractivity contribution in [1.29, 1.82) is 0 Å². The summed E-state index contributed by atoms with van der Waals surface area (Å²) in [6, 6.07) is 13.1. The molecule has 0 unspecified atom stereocenters. The van der Waals surface area contributed by atoms with E-state index in [2.05, 4.69) is 16.4 Å². The summed E-state index contributed by atoms with van der Waals surface area (Å²) in [7, 11) is 1.91. The molecule has 1 atom stereocenters. The molecule has 136 valence electrons. The minimum Gasteiger partial charge on any atom is -0.348 e. The molecule has 1 aromatic heterocycles. The number of amides is 1. The summed E-state index contributed by atoms with van der Waals surface area (Å²) in [5.41, 5.74) is 1.84. The molecule has 0 aliphatic heterocycles. The van der Waals surface area contributed by atoms with E-state index in [1.54, 1.807) is 23.5 Å². The third-order valence-electron chi connectivity index (χ3n) is 3.96. The van der Waals surface area contributed by atoms with Crippen LogP contribution in [0.15, 0.2) is 42.5 Å². The molecule has 0 spiro atoms. The number of aromatic nitrogens is 1. The third-order valence-corrected chi connectivity index (χ3v) is 5.55. The van der Waals surface area contributed by atoms with Crippen LogP contribution in [0.4, 0.5) is 0 Å². The lowest BCUT2D eigenvalue weighted by Crippen LogP contribution is -2.36. The summed E-state index contributed by atoms with van der Waals surface area (Å²) in [5, 5.41) is 5.10. The predicted molar refractivity (Wildman–Crippen MR) is 109 cm³/mol. The standard InChI is InChI=1S/C19H19Cl2N3OS/c1-12(14-8-7-13(20)9-15(14)21)22-18(25)10-24(2)11-19-23-16-5-3-4-6-17(16)26-19/h3-9,12H,10-11H2,1-2H3,(H,22,25)/t12-/m0/s1. The molecule has 26 heavy (non-hydrogen) atoms. The molecule has 0 aliphatic rings. The van der Waals surface area contributed by atoms with Crippen LogP contribution < -0.4 is 5.32 Å². The number of carbonyl (C=O) groups is 1. The predicted octanol–water partition coefficient (Wildman–Crippen LogP) is 4.91. The van der Waals surface area contributed by atoms with Crippen molar-refractivity contribution in [3.05, 3.63) is 63.1 Å². The lowest BCUT2D eigenvalue weighted by Gasteiger charge is -2.19. The molecular formula is C19H19Cl2N3OS. The molecule has 3 aromatic rings. The Morgan fingerprint density at radius 3 is 2.77 bits per heavy atom. The maximum atomic E-state index is 12.3. The van der Waals surface area contributed by atoms with Crippen molar-refractivity contribution in [3.8, 4) is 0 Å². The van der Waals surface area contributed by atoms with Gasteiger partial charge in [0.1, 0.15) is 5.01 Å². The second-order valence-corrected chi connectivity index (χ2v) is 8.16. The Balaban J connectivity index is 1.56. The smallest absolute Gasteiger partial charge is 0.234 e. The topological polar surface area (TPSA) is 45.2 Å². The first-order valence-electron chi connectivity index (χ1n) is 8.19. The highest BCUT2D eigenvalue weighted by atomic mass is 35.5. The lowest BCUT2D eigenvalue weighted by atomic mass is 10.1. The number of carbonyl (C=O) groups excluding carboxylic acids is 1. The Labute approximate surface area is 166 Å². The molecule has 0 aliphatic carbocycles. The highest BCUT2D eigenvalue weighted by Crippen LogP contribution is 2.26. The largest absolute Gasteiger partial charge is 0.348 e. The van der Waals surface area contributed by atoms with E-state index in [1.807, 2.05) is 43.1 Å². The van der Waals surface area contributed by atoms with E-state index in [-0.39, 0.29) is 18.5 Å². The van der Waals surface area contributed by atoms with Gasteiger partial charge in [-0.3, -0.25) is 9.69 Å². The Morgan fingerprint density at radius 2 is 2.04 bits per heavy atom. The first-order valence-corrected chi connectivity index (χ1v) is 9.77. The highest BCUT2D eigenvalue weighted by molar-refractivity contribution is 7.18. The number of nitrogens with one attached hydrogen (secondary N) is 1. The van der Waals surface area contributed by atoms with E-state index in [4.69, 9.17) is 23.2 Å². The summed E-state index contributed by atoms with van der Waals surface area (Å²) in [4.78, 5) is 18.9. The van der Waals surface area contributed by atoms with Gasteiger partial charge in [0.05, 0.1) is 29.3 Å². The van der Waals surface area contributed by atoms with E-state index in [1.165, 1.54) is 0 Å². The van der Waals surface area contributed by atoms with Crippen LogP contribution in [-0.4, -0.2) is 29.4 Å². The van der Waals surface area contributed by atoms with E-state index >= 15 is 0 Å². The fourth-order valence-corrected chi connectivity index (χ4v) is 4.36. The number of hydrogen-bond acceptors (Lipinski definition) is 4. The Kier molecular flexibility index (Phi) is 6.14. The Bertz CT molecular complexity index is 895. The average molecular weight is 408 g/mol. The molecule has 1 amide bonds. The third kappa shape index (κ3) is 4.74. The molecular weight excluding hydrogens is 389 g/mol. The minimum absolute atomic E-state index is 0.0628. The van der Waals surface area contributed by atoms with Crippen LogP contribution in [0.5, 0.6) is 0 Å². The van der Waals surface area contributed by atoms with E-state index in [0.29, 0.717) is 16.6 Å². The van der Waals surface area contributed by atoms with Crippen LogP contribution in [0.3, 0.4) is 0 Å². The summed E-state index contributed by atoms with van der Waals surface area (Å²) >= 11 is 13.8. The maximum Gasteiger partial charge on any atom is 0.234 e. The van der Waals surface area contributed by atoms with Crippen LogP contribution >= 0.6 is 34.5 Å². The zero-order chi connectivity index (χ0) is 18.7. The number of benzene rings is 2. The average Bonchev–Trinajstić information content (AvgIpc) is 2.96. The summed E-state index contributed by atoms with van der Waals surface area (Å²) in [5.74, 6) is -0.0628. The number of likely N-dealkylation sites (N-methyl/N-ethyl adjacent to an activating group) is 1. The first kappa shape index (κ1) is 19.1. The quantitative estimate of drug-likeness (QED) is 0.630. The Hall–Kier alpha value is -1.66. The van der Waals surface area contributed by atoms with Crippen LogP contribution in [0.1, 0.15) is 23.5 Å². The number of para-hydroxylation sites is 1. The second-order valence-electron chi connectivity index (χ2n) is 6.20. The Morgan fingerprint density at radius 1 is 1.27 bits per heavy atom. The lowest BCUT2D eigenvalue weighted by molar-refractivity contribution is -0.122. The molecule has 0 fully saturated rings. The molecule has 1 N–H and O–H groups in total. The zero-order valence-corrected chi connectivity index (χ0v) is 16.8. The van der Waals surface area contributed by atoms with Gasteiger partial charge in [-0.2, -0.15) is 0 Å². The van der Waals surface area contributed by atoms with Crippen molar-refractivity contribution in [1.82, 2.24) is 15.2 Å². The number of halogens is 2. The van der Waals surface area contributed by atoms with E-state index in [9.17, 15) is 4.79 Å². The van der Waals surface area contributed by atoms with Crippen molar-refractivity contribution in [2.75, 3.05) is 13.6 Å². The van der Waals surface area contributed by atoms with E-state index < -0.39 is 0 Å². The second kappa shape index (κ2) is 8.35. The van der Waals surface area contributed by atoms with Crippen molar-refractivity contribution >= 4 is 50.7 Å². The molecule has 0 saturated carbocycles. The summed E-state index contributed by atoms with van der Waals surface area (Å²) in [6.45, 7) is 2.81. The summed E-state index contributed by atoms with van der Waals surface area (Å²) in [6.07, 6.45) is 0. The van der Waals surface area contributed by atoms with Gasteiger partial charge in [-0.1, -0.05) is 41.4 Å². The van der Waals surface area contributed by atoms with Gasteiger partial charge in [0.2, 0.25) is 5.91 Å². The van der Waals surface area contributed by atoms with Crippen molar-refractivity contribution < 1.29 is 4.79 Å². The highest BCUT2D eigenvalue weighted by Gasteiger charge is 2.15. The van der Waals surface area contributed by atoms with Crippen molar-refractivity contribution in [3.63, 3.8) is 0 Å². The normalized spacial score (nSPS) is 12.5. The molecule has 0 bridgehead atoms. The van der Waals surface area contributed by atoms with Gasteiger partial charge in [0.15, 0.2) is 0 Å². The zero-order valence-electron chi connectivity index (χ0n) is 14.5. The molecule has 3 rings (SSSR count). The fraction of sp³-hybridized carbons (Fsp3) is 0.263. The SMILES string of the molecule is C[C@H](NC(=O)CN(C)Cc1nc2ccccc2s1)c1ccc(Cl)cc1Cl. The monoisotopic (exact) mass is 407 g/mol. The molecule has 1 heterocycles. The van der Waals surface area contributed by atoms with E-state index in [0.717, 1.165) is 20.8 Å². The van der Waals surface area contributed by atoms with Crippen LogP contribution in [0.25, 0.3) is 10.2 Å². The number of fused-ring (bicyclic) bond motifs is 1. The number of rotatable bonds is 6. The minimum atomic E-state index is -0.192. The van der Waals surface area contributed by atoms with Gasteiger partial charge in [-0.15, -0.1) is 11.3 Å². The van der Waals surface area contributed by atoms with Gasteiger partial charge < -0.3 is 5.32 Å². The van der Waals surface area contributed by atoms with Crippen molar-refractivity contribution in [2.45, 2.75) is 19.5 Å². The maximum absolute atomic E-state index is 12.3. The van der Waals surface area contributed by atoms with Gasteiger partial charge in [-0.05, 0) is 43.8 Å². The number of thiazole rings is 1. The molecule has 0 saturated heterocycles. The fourth-order valence-electron chi connectivity index (χ4n) is 2.74. The van der Waals surface area contributed by atoms with Gasteiger partial charge in [0, 0.05) is 10.0 Å². The van der Waals surface area contributed by atoms with Gasteiger partial charge in [0.25, 0.3) is 0 Å². The van der Waals surface area contributed by atoms with Crippen molar-refractivity contribution in [2.24, 2.45) is 0 Å². The first-order chi connectivity index (χ1) is 12.4. The number of hydrogen-bond donors (Lipinski definition) is 1. The molecule has 2 aromatic carbocycles.